The van der Waals surface area contributed by atoms with Crippen LogP contribution in [0.5, 0.6) is 0 Å². The first kappa shape index (κ1) is 19.2. The van der Waals surface area contributed by atoms with Crippen LogP contribution in [0.2, 0.25) is 0 Å². The lowest BCUT2D eigenvalue weighted by molar-refractivity contribution is -0.147. The molecule has 1 aromatic carbocycles. The first-order valence-electron chi connectivity index (χ1n) is 7.45. The minimum Gasteiger partial charge on any atom is -0.454 e. The van der Waals surface area contributed by atoms with E-state index in [2.05, 4.69) is 26.6 Å². The molecule has 0 aliphatic carbocycles. The Bertz CT molecular complexity index is 559. The van der Waals surface area contributed by atoms with Gasteiger partial charge in [0.2, 0.25) is 0 Å². The minimum atomic E-state index is -0.659. The number of hydrogen-bond donors (Lipinski definition) is 2. The molecule has 0 atom stereocenters. The summed E-state index contributed by atoms with van der Waals surface area (Å²) in [6.07, 6.45) is 1.64. The van der Waals surface area contributed by atoms with Crippen LogP contribution in [0.3, 0.4) is 0 Å². The molecule has 0 bridgehead atoms. The van der Waals surface area contributed by atoms with Crippen LogP contribution in [0.1, 0.15) is 37.0 Å². The average Bonchev–Trinajstić information content (AvgIpc) is 2.55. The average molecular weight is 385 g/mol. The van der Waals surface area contributed by atoms with Crippen molar-refractivity contribution >= 4 is 33.7 Å². The molecule has 0 aromatic heterocycles. The largest absolute Gasteiger partial charge is 0.454 e. The number of hydrogen-bond acceptors (Lipinski definition) is 4. The van der Waals surface area contributed by atoms with E-state index in [-0.39, 0.29) is 31.0 Å². The predicted octanol–water partition coefficient (Wildman–Crippen LogP) is 2.03. The Morgan fingerprint density at radius 1 is 1.22 bits per heavy atom. The van der Waals surface area contributed by atoms with Gasteiger partial charge in [0.25, 0.3) is 11.8 Å². The van der Waals surface area contributed by atoms with E-state index in [1.165, 1.54) is 0 Å². The summed E-state index contributed by atoms with van der Waals surface area (Å²) in [6.45, 7) is 3.31. The summed E-state index contributed by atoms with van der Waals surface area (Å²) in [6, 6.07) is 6.87. The van der Waals surface area contributed by atoms with Crippen LogP contribution in [0.25, 0.3) is 0 Å². The van der Waals surface area contributed by atoms with Crippen molar-refractivity contribution in [3.8, 4) is 0 Å². The van der Waals surface area contributed by atoms with Gasteiger partial charge in [0.1, 0.15) is 6.54 Å². The lowest BCUT2D eigenvalue weighted by Crippen LogP contribution is -2.38. The van der Waals surface area contributed by atoms with E-state index < -0.39 is 5.97 Å². The smallest absolute Gasteiger partial charge is 0.325 e. The van der Waals surface area contributed by atoms with Crippen molar-refractivity contribution in [2.75, 3.05) is 13.2 Å². The molecule has 0 fully saturated rings. The molecule has 126 valence electrons. The number of rotatable bonds is 8. The molecule has 0 heterocycles. The number of esters is 1. The molecule has 1 rings (SSSR count). The summed E-state index contributed by atoms with van der Waals surface area (Å²) in [7, 11) is 0. The topological polar surface area (TPSA) is 84.5 Å². The first-order valence-corrected chi connectivity index (χ1v) is 8.24. The molecular formula is C16H21BrN2O4. The highest BCUT2D eigenvalue weighted by molar-refractivity contribution is 9.10. The number of ether oxygens (including phenoxy) is 1. The summed E-state index contributed by atoms with van der Waals surface area (Å²) in [4.78, 5) is 35.0. The van der Waals surface area contributed by atoms with E-state index in [1.807, 2.05) is 13.8 Å². The lowest BCUT2D eigenvalue weighted by Gasteiger charge is -2.14. The van der Waals surface area contributed by atoms with Gasteiger partial charge in [-0.05, 0) is 31.0 Å². The maximum atomic E-state index is 11.8. The fourth-order valence-electron chi connectivity index (χ4n) is 1.84. The van der Waals surface area contributed by atoms with Crippen molar-refractivity contribution in [1.82, 2.24) is 10.6 Å². The van der Waals surface area contributed by atoms with Gasteiger partial charge in [-0.3, -0.25) is 14.4 Å². The first-order chi connectivity index (χ1) is 11.0. The van der Waals surface area contributed by atoms with E-state index in [4.69, 9.17) is 4.74 Å². The van der Waals surface area contributed by atoms with Crippen LogP contribution < -0.4 is 10.6 Å². The highest BCUT2D eigenvalue weighted by Crippen LogP contribution is 2.11. The Morgan fingerprint density at radius 3 is 2.52 bits per heavy atom. The Kier molecular flexibility index (Phi) is 8.32. The normalized spacial score (nSPS) is 10.3. The molecule has 2 amide bonds. The standard InChI is InChI=1S/C16H21BrN2O4/c1-3-13(4-2)19-14(20)10-23-15(21)9-18-16(22)11-6-5-7-12(17)8-11/h5-8,13H,3-4,9-10H2,1-2H3,(H,18,22)(H,19,20). The van der Waals surface area contributed by atoms with Crippen LogP contribution in [0.4, 0.5) is 0 Å². The molecule has 23 heavy (non-hydrogen) atoms. The summed E-state index contributed by atoms with van der Waals surface area (Å²) < 4.78 is 5.60. The summed E-state index contributed by atoms with van der Waals surface area (Å²) in [5.41, 5.74) is 0.429. The Balaban J connectivity index is 2.31. The molecule has 0 aliphatic heterocycles. The second-order valence-corrected chi connectivity index (χ2v) is 5.85. The molecule has 0 aliphatic rings. The molecule has 7 heteroatoms. The highest BCUT2D eigenvalue weighted by atomic mass is 79.9. The Labute approximate surface area is 144 Å². The van der Waals surface area contributed by atoms with Gasteiger partial charge in [-0.25, -0.2) is 0 Å². The van der Waals surface area contributed by atoms with Crippen molar-refractivity contribution in [3.05, 3.63) is 34.3 Å². The molecule has 1 aromatic rings. The third-order valence-electron chi connectivity index (χ3n) is 3.20. The van der Waals surface area contributed by atoms with E-state index in [0.29, 0.717) is 5.56 Å². The third-order valence-corrected chi connectivity index (χ3v) is 3.69. The van der Waals surface area contributed by atoms with Gasteiger partial charge in [-0.2, -0.15) is 0 Å². The van der Waals surface area contributed by atoms with Gasteiger partial charge in [0.05, 0.1) is 0 Å². The van der Waals surface area contributed by atoms with E-state index in [9.17, 15) is 14.4 Å². The zero-order valence-electron chi connectivity index (χ0n) is 13.2. The zero-order chi connectivity index (χ0) is 17.2. The number of nitrogens with one attached hydrogen (secondary N) is 2. The Morgan fingerprint density at radius 2 is 1.91 bits per heavy atom. The van der Waals surface area contributed by atoms with Crippen molar-refractivity contribution in [3.63, 3.8) is 0 Å². The number of benzene rings is 1. The minimum absolute atomic E-state index is 0.0810. The van der Waals surface area contributed by atoms with Crippen LogP contribution in [0, 0.1) is 0 Å². The highest BCUT2D eigenvalue weighted by Gasteiger charge is 2.12. The van der Waals surface area contributed by atoms with Gasteiger partial charge in [0, 0.05) is 16.1 Å². The molecule has 0 radical (unpaired) electrons. The van der Waals surface area contributed by atoms with E-state index in [1.54, 1.807) is 24.3 Å². The second kappa shape index (κ2) is 9.99. The molecule has 0 unspecified atom stereocenters. The van der Waals surface area contributed by atoms with Gasteiger partial charge < -0.3 is 15.4 Å². The number of amides is 2. The SMILES string of the molecule is CCC(CC)NC(=O)COC(=O)CNC(=O)c1cccc(Br)c1. The summed E-state index contributed by atoms with van der Waals surface area (Å²) in [5, 5.41) is 5.21. The fourth-order valence-corrected chi connectivity index (χ4v) is 2.24. The lowest BCUT2D eigenvalue weighted by atomic mass is 10.2. The Hall–Kier alpha value is -1.89. The number of halogens is 1. The molecule has 6 nitrogen and oxygen atoms in total. The van der Waals surface area contributed by atoms with Crippen LogP contribution in [0.15, 0.2) is 28.7 Å². The molecule has 0 saturated heterocycles. The quantitative estimate of drug-likeness (QED) is 0.671. The molecule has 2 N–H and O–H groups in total. The van der Waals surface area contributed by atoms with Crippen molar-refractivity contribution in [2.45, 2.75) is 32.7 Å². The molecule has 0 spiro atoms. The third kappa shape index (κ3) is 7.27. The van der Waals surface area contributed by atoms with E-state index in [0.717, 1.165) is 17.3 Å². The predicted molar refractivity (Wildman–Crippen MR) is 89.9 cm³/mol. The number of carbonyl (C=O) groups excluding carboxylic acids is 3. The van der Waals surface area contributed by atoms with Crippen LogP contribution in [-0.2, 0) is 14.3 Å². The summed E-state index contributed by atoms with van der Waals surface area (Å²) >= 11 is 3.27. The van der Waals surface area contributed by atoms with Gasteiger partial charge in [0.15, 0.2) is 6.61 Å². The zero-order valence-corrected chi connectivity index (χ0v) is 14.8. The molecular weight excluding hydrogens is 364 g/mol. The van der Waals surface area contributed by atoms with Crippen molar-refractivity contribution < 1.29 is 19.1 Å². The number of carbonyl (C=O) groups is 3. The molecule has 0 saturated carbocycles. The summed E-state index contributed by atoms with van der Waals surface area (Å²) in [5.74, 6) is -1.39. The fraction of sp³-hybridized carbons (Fsp3) is 0.438. The van der Waals surface area contributed by atoms with Gasteiger partial charge in [-0.1, -0.05) is 35.8 Å². The second-order valence-electron chi connectivity index (χ2n) is 4.93. The maximum absolute atomic E-state index is 11.8. The van der Waals surface area contributed by atoms with Crippen molar-refractivity contribution in [2.24, 2.45) is 0 Å². The van der Waals surface area contributed by atoms with Gasteiger partial charge >= 0.3 is 5.97 Å². The maximum Gasteiger partial charge on any atom is 0.325 e. The monoisotopic (exact) mass is 384 g/mol. The van der Waals surface area contributed by atoms with Crippen LogP contribution in [-0.4, -0.2) is 37.0 Å². The van der Waals surface area contributed by atoms with Gasteiger partial charge in [-0.15, -0.1) is 0 Å². The van der Waals surface area contributed by atoms with Crippen molar-refractivity contribution in [1.29, 1.82) is 0 Å². The van der Waals surface area contributed by atoms with E-state index >= 15 is 0 Å². The van der Waals surface area contributed by atoms with Crippen LogP contribution >= 0.6 is 15.9 Å².